The molecule has 0 saturated heterocycles. The summed E-state index contributed by atoms with van der Waals surface area (Å²) in [5.74, 6) is 1.60. The molecule has 70 valence electrons. The average Bonchev–Trinajstić information content (AvgIpc) is 2.83. The Hall–Kier alpha value is -1.18. The van der Waals surface area contributed by atoms with Crippen LogP contribution in [-0.2, 0) is 9.59 Å². The van der Waals surface area contributed by atoms with Crippen molar-refractivity contribution in [3.63, 3.8) is 0 Å². The zero-order chi connectivity index (χ0) is 9.45. The molecule has 2 fully saturated rings. The number of rotatable bonds is 0. The lowest BCUT2D eigenvalue weighted by Crippen LogP contribution is -2.17. The highest BCUT2D eigenvalue weighted by molar-refractivity contribution is 6.00. The Kier molecular flexibility index (Phi) is 0.983. The molecule has 0 heterocycles. The van der Waals surface area contributed by atoms with E-state index in [1.54, 1.807) is 0 Å². The Morgan fingerprint density at radius 2 is 0.929 bits per heavy atom. The van der Waals surface area contributed by atoms with E-state index in [1.165, 1.54) is 0 Å². The number of hydrogen-bond acceptors (Lipinski definition) is 2. The Labute approximate surface area is 81.7 Å². The van der Waals surface area contributed by atoms with Crippen molar-refractivity contribution in [1.29, 1.82) is 0 Å². The molecule has 0 aliphatic heterocycles. The van der Waals surface area contributed by atoms with Crippen LogP contribution in [0.3, 0.4) is 0 Å². The summed E-state index contributed by atoms with van der Waals surface area (Å²) in [6.07, 6.45) is 7.88. The molecule has 0 aromatic rings. The molecule has 2 nitrogen and oxygen atoms in total. The minimum absolute atomic E-state index is 0.0638. The third-order valence-corrected chi connectivity index (χ3v) is 4.47. The molecule has 0 radical (unpaired) electrons. The van der Waals surface area contributed by atoms with Crippen molar-refractivity contribution >= 4 is 11.6 Å². The minimum Gasteiger partial charge on any atom is -0.298 e. The molecule has 2 heteroatoms. The van der Waals surface area contributed by atoms with Gasteiger partial charge in [-0.1, -0.05) is 24.3 Å². The maximum atomic E-state index is 11.9. The SMILES string of the molecule is O=C1[C@H]2C=C[C@H]3C(=O)[C@H]4C=C[C@@H]1C4C23. The van der Waals surface area contributed by atoms with Crippen molar-refractivity contribution in [1.82, 2.24) is 0 Å². The molecule has 0 spiro atoms. The number of Topliss-reactive ketones (excluding diaryl/α,β-unsaturated/α-hetero) is 2. The van der Waals surface area contributed by atoms with Gasteiger partial charge in [0.1, 0.15) is 11.6 Å². The van der Waals surface area contributed by atoms with E-state index in [2.05, 4.69) is 0 Å². The lowest BCUT2D eigenvalue weighted by atomic mass is 9.88. The van der Waals surface area contributed by atoms with Crippen LogP contribution in [0.4, 0.5) is 0 Å². The summed E-state index contributed by atoms with van der Waals surface area (Å²) in [6.45, 7) is 0. The maximum absolute atomic E-state index is 11.9. The maximum Gasteiger partial charge on any atom is 0.147 e. The highest BCUT2D eigenvalue weighted by Crippen LogP contribution is 2.59. The van der Waals surface area contributed by atoms with Crippen LogP contribution < -0.4 is 0 Å². The molecule has 0 amide bonds. The van der Waals surface area contributed by atoms with Crippen molar-refractivity contribution < 1.29 is 9.59 Å². The highest BCUT2D eigenvalue weighted by atomic mass is 16.1. The molecule has 14 heavy (non-hydrogen) atoms. The molecule has 4 aliphatic carbocycles. The van der Waals surface area contributed by atoms with Crippen molar-refractivity contribution in [2.45, 2.75) is 0 Å². The summed E-state index contributed by atoms with van der Waals surface area (Å²) in [7, 11) is 0. The highest BCUT2D eigenvalue weighted by Gasteiger charge is 2.64. The number of hydrogen-bond donors (Lipinski definition) is 0. The van der Waals surface area contributed by atoms with Gasteiger partial charge in [-0.05, 0) is 11.8 Å². The first-order valence-corrected chi connectivity index (χ1v) is 5.23. The average molecular weight is 186 g/mol. The number of carbonyl (C=O) groups is 2. The molecule has 6 atom stereocenters. The van der Waals surface area contributed by atoms with Crippen molar-refractivity contribution in [2.24, 2.45) is 35.5 Å². The van der Waals surface area contributed by atoms with Crippen molar-refractivity contribution in [2.75, 3.05) is 0 Å². The fourth-order valence-corrected chi connectivity index (χ4v) is 3.98. The van der Waals surface area contributed by atoms with Gasteiger partial charge in [0.05, 0.1) is 0 Å². The Balaban J connectivity index is 1.96. The van der Waals surface area contributed by atoms with E-state index in [-0.39, 0.29) is 23.7 Å². The van der Waals surface area contributed by atoms with E-state index in [0.29, 0.717) is 23.4 Å². The third kappa shape index (κ3) is 0.519. The van der Waals surface area contributed by atoms with Crippen molar-refractivity contribution in [3.8, 4) is 0 Å². The minimum atomic E-state index is 0.0638. The molecule has 0 aromatic heterocycles. The predicted molar refractivity (Wildman–Crippen MR) is 49.2 cm³/mol. The van der Waals surface area contributed by atoms with Gasteiger partial charge in [-0.3, -0.25) is 9.59 Å². The number of carbonyl (C=O) groups excluding carboxylic acids is 2. The number of ketones is 2. The third-order valence-electron chi connectivity index (χ3n) is 4.47. The van der Waals surface area contributed by atoms with Gasteiger partial charge in [0.15, 0.2) is 0 Å². The fraction of sp³-hybridized carbons (Fsp3) is 0.500. The second kappa shape index (κ2) is 1.92. The summed E-state index contributed by atoms with van der Waals surface area (Å²) < 4.78 is 0. The lowest BCUT2D eigenvalue weighted by Gasteiger charge is -2.12. The second-order valence-corrected chi connectivity index (χ2v) is 4.83. The Morgan fingerprint density at radius 3 is 1.21 bits per heavy atom. The normalized spacial score (nSPS) is 56.3. The second-order valence-electron chi connectivity index (χ2n) is 4.83. The molecular formula is C12H10O2. The topological polar surface area (TPSA) is 34.1 Å². The Morgan fingerprint density at radius 1 is 0.643 bits per heavy atom. The summed E-state index contributed by atoms with van der Waals surface area (Å²) in [5.41, 5.74) is 0. The standard InChI is InChI=1S/C12H10O2/c13-11-5-1-2-6-9(5)10-7(11)3-4-8(10)12(6)14/h1-10H/t5-,6+,7+,8-,9?,10?. The van der Waals surface area contributed by atoms with E-state index in [4.69, 9.17) is 0 Å². The molecule has 2 unspecified atom stereocenters. The smallest absolute Gasteiger partial charge is 0.147 e. The number of allylic oxidation sites excluding steroid dienone is 4. The van der Waals surface area contributed by atoms with Crippen molar-refractivity contribution in [3.05, 3.63) is 24.3 Å². The molecule has 4 rings (SSSR count). The largest absolute Gasteiger partial charge is 0.298 e. The quantitative estimate of drug-likeness (QED) is 0.529. The molecule has 2 saturated carbocycles. The summed E-state index contributed by atoms with van der Waals surface area (Å²) in [5, 5.41) is 0. The van der Waals surface area contributed by atoms with Gasteiger partial charge in [-0.2, -0.15) is 0 Å². The first-order chi connectivity index (χ1) is 6.79. The van der Waals surface area contributed by atoms with Gasteiger partial charge < -0.3 is 0 Å². The van der Waals surface area contributed by atoms with Crippen LogP contribution in [0, 0.1) is 35.5 Å². The fourth-order valence-electron chi connectivity index (χ4n) is 3.98. The van der Waals surface area contributed by atoms with Crippen LogP contribution in [0.25, 0.3) is 0 Å². The molecule has 0 bridgehead atoms. The first kappa shape index (κ1) is 7.16. The van der Waals surface area contributed by atoms with Crippen LogP contribution in [0.15, 0.2) is 24.3 Å². The van der Waals surface area contributed by atoms with Gasteiger partial charge in [0, 0.05) is 23.7 Å². The van der Waals surface area contributed by atoms with Gasteiger partial charge in [0.2, 0.25) is 0 Å². The zero-order valence-electron chi connectivity index (χ0n) is 7.59. The van der Waals surface area contributed by atoms with Crippen LogP contribution in [0.2, 0.25) is 0 Å². The van der Waals surface area contributed by atoms with Crippen LogP contribution in [-0.4, -0.2) is 11.6 Å². The first-order valence-electron chi connectivity index (χ1n) is 5.23. The van der Waals surface area contributed by atoms with Gasteiger partial charge in [-0.15, -0.1) is 0 Å². The summed E-state index contributed by atoms with van der Waals surface area (Å²) in [4.78, 5) is 23.9. The molecule has 4 aliphatic rings. The van der Waals surface area contributed by atoms with E-state index in [1.807, 2.05) is 24.3 Å². The molecule has 0 aromatic carbocycles. The molecular weight excluding hydrogens is 176 g/mol. The van der Waals surface area contributed by atoms with Gasteiger partial charge in [0.25, 0.3) is 0 Å². The summed E-state index contributed by atoms with van der Waals surface area (Å²) >= 11 is 0. The van der Waals surface area contributed by atoms with Crippen LogP contribution >= 0.6 is 0 Å². The summed E-state index contributed by atoms with van der Waals surface area (Å²) in [6, 6.07) is 0. The zero-order valence-corrected chi connectivity index (χ0v) is 7.59. The van der Waals surface area contributed by atoms with E-state index in [9.17, 15) is 9.59 Å². The Bertz CT molecular complexity index is 346. The molecule has 0 N–H and O–H groups in total. The van der Waals surface area contributed by atoms with E-state index >= 15 is 0 Å². The van der Waals surface area contributed by atoms with Crippen LogP contribution in [0.5, 0.6) is 0 Å². The van der Waals surface area contributed by atoms with Gasteiger partial charge >= 0.3 is 0 Å². The van der Waals surface area contributed by atoms with Gasteiger partial charge in [-0.25, -0.2) is 0 Å². The monoisotopic (exact) mass is 186 g/mol. The van der Waals surface area contributed by atoms with Crippen LogP contribution in [0.1, 0.15) is 0 Å². The lowest BCUT2D eigenvalue weighted by molar-refractivity contribution is -0.124. The van der Waals surface area contributed by atoms with E-state index in [0.717, 1.165) is 0 Å². The predicted octanol–water partition coefficient (Wildman–Crippen LogP) is 0.989. The van der Waals surface area contributed by atoms with E-state index < -0.39 is 0 Å².